The summed E-state index contributed by atoms with van der Waals surface area (Å²) < 4.78 is 5.37. The van der Waals surface area contributed by atoms with Crippen molar-refractivity contribution in [3.05, 3.63) is 77.6 Å². The highest BCUT2D eigenvalue weighted by Crippen LogP contribution is 2.19. The van der Waals surface area contributed by atoms with Crippen LogP contribution >= 0.6 is 0 Å². The number of ether oxygens (including phenoxy) is 1. The van der Waals surface area contributed by atoms with Gasteiger partial charge in [-0.2, -0.15) is 0 Å². The van der Waals surface area contributed by atoms with Crippen LogP contribution in [0.5, 0.6) is 5.75 Å². The molecule has 4 nitrogen and oxygen atoms in total. The quantitative estimate of drug-likeness (QED) is 0.166. The van der Waals surface area contributed by atoms with E-state index in [0.29, 0.717) is 18.0 Å². The number of hydrogen-bond donors (Lipinski definition) is 0. The van der Waals surface area contributed by atoms with Crippen LogP contribution in [-0.2, 0) is 24.1 Å². The Morgan fingerprint density at radius 3 is 1.77 bits per heavy atom. The molecule has 0 fully saturated rings. The summed E-state index contributed by atoms with van der Waals surface area (Å²) in [6.45, 7) is 4.43. The van der Waals surface area contributed by atoms with Crippen molar-refractivity contribution in [1.82, 2.24) is 9.97 Å². The molecule has 0 saturated heterocycles. The molecule has 2 aromatic carbocycles. The zero-order valence-corrected chi connectivity index (χ0v) is 21.5. The van der Waals surface area contributed by atoms with Gasteiger partial charge in [0, 0.05) is 12.0 Å². The molecule has 0 amide bonds. The van der Waals surface area contributed by atoms with Crippen LogP contribution < -0.4 is 4.74 Å². The zero-order chi connectivity index (χ0) is 24.7. The average Bonchev–Trinajstić information content (AvgIpc) is 2.89. The summed E-state index contributed by atoms with van der Waals surface area (Å²) in [6, 6.07) is 17.5. The molecule has 0 bridgehead atoms. The smallest absolute Gasteiger partial charge is 0.311 e. The number of rotatable bonds is 15. The van der Waals surface area contributed by atoms with Gasteiger partial charge in [0.05, 0.1) is 12.4 Å². The van der Waals surface area contributed by atoms with E-state index in [1.165, 1.54) is 61.6 Å². The molecule has 0 N–H and O–H groups in total. The van der Waals surface area contributed by atoms with E-state index in [1.54, 1.807) is 12.4 Å². The molecule has 3 rings (SSSR count). The molecular formula is C31H40N2O2. The number of unbranched alkanes of at least 4 members (excludes halogenated alkanes) is 6. The molecule has 186 valence electrons. The fourth-order valence-electron chi connectivity index (χ4n) is 4.13. The zero-order valence-electron chi connectivity index (χ0n) is 21.5. The first-order valence-electron chi connectivity index (χ1n) is 13.4. The maximum Gasteiger partial charge on any atom is 0.311 e. The van der Waals surface area contributed by atoms with E-state index in [4.69, 9.17) is 4.74 Å². The molecule has 0 atom stereocenters. The Hall–Kier alpha value is -3.01. The minimum atomic E-state index is -0.215. The van der Waals surface area contributed by atoms with Gasteiger partial charge in [-0.05, 0) is 48.8 Å². The number of hydrogen-bond acceptors (Lipinski definition) is 4. The van der Waals surface area contributed by atoms with Gasteiger partial charge < -0.3 is 4.74 Å². The highest BCUT2D eigenvalue weighted by Gasteiger charge is 2.07. The number of carbonyl (C=O) groups excluding carboxylic acids is 1. The minimum Gasteiger partial charge on any atom is -0.423 e. The van der Waals surface area contributed by atoms with Crippen LogP contribution in [0.3, 0.4) is 0 Å². The van der Waals surface area contributed by atoms with Gasteiger partial charge in [0.25, 0.3) is 0 Å². The fraction of sp³-hybridized carbons (Fsp3) is 0.452. The highest BCUT2D eigenvalue weighted by molar-refractivity contribution is 5.72. The standard InChI is InChI=1S/C31H40N2O2/c1-3-5-7-8-10-12-30(34)35-29-23-32-31(33-24-29)28-21-19-27(20-22-28)18-17-26-15-13-25(14-16-26)11-9-6-4-2/h13-16,19-24H,3-12,17-18H2,1-2H3. The second-order valence-corrected chi connectivity index (χ2v) is 9.35. The number of carbonyl (C=O) groups is 1. The molecule has 1 heterocycles. The lowest BCUT2D eigenvalue weighted by Gasteiger charge is -2.07. The van der Waals surface area contributed by atoms with Gasteiger partial charge in [0.1, 0.15) is 0 Å². The van der Waals surface area contributed by atoms with Crippen molar-refractivity contribution in [1.29, 1.82) is 0 Å². The molecule has 3 aromatic rings. The molecular weight excluding hydrogens is 432 g/mol. The fourth-order valence-corrected chi connectivity index (χ4v) is 4.13. The molecule has 0 spiro atoms. The number of aromatic nitrogens is 2. The summed E-state index contributed by atoms with van der Waals surface area (Å²) in [5, 5.41) is 0. The lowest BCUT2D eigenvalue weighted by Crippen LogP contribution is -2.08. The van der Waals surface area contributed by atoms with Crippen molar-refractivity contribution in [2.45, 2.75) is 90.9 Å². The normalized spacial score (nSPS) is 10.9. The second-order valence-electron chi connectivity index (χ2n) is 9.35. The van der Waals surface area contributed by atoms with E-state index in [-0.39, 0.29) is 5.97 Å². The lowest BCUT2D eigenvalue weighted by molar-refractivity contribution is -0.134. The minimum absolute atomic E-state index is 0.215. The third kappa shape index (κ3) is 9.64. The molecule has 0 aliphatic heterocycles. The van der Waals surface area contributed by atoms with Crippen molar-refractivity contribution in [2.75, 3.05) is 0 Å². The van der Waals surface area contributed by atoms with Crippen LogP contribution in [0.25, 0.3) is 11.4 Å². The summed E-state index contributed by atoms with van der Waals surface area (Å²) >= 11 is 0. The Balaban J connectivity index is 1.44. The Morgan fingerprint density at radius 1 is 0.657 bits per heavy atom. The average molecular weight is 473 g/mol. The highest BCUT2D eigenvalue weighted by atomic mass is 16.5. The summed E-state index contributed by atoms with van der Waals surface area (Å²) in [4.78, 5) is 20.8. The molecule has 4 heteroatoms. The van der Waals surface area contributed by atoms with Gasteiger partial charge in [0.15, 0.2) is 11.6 Å². The van der Waals surface area contributed by atoms with Crippen LogP contribution in [0.1, 0.15) is 88.3 Å². The van der Waals surface area contributed by atoms with E-state index in [9.17, 15) is 4.79 Å². The van der Waals surface area contributed by atoms with E-state index in [1.807, 2.05) is 0 Å². The Morgan fingerprint density at radius 2 is 1.17 bits per heavy atom. The van der Waals surface area contributed by atoms with E-state index in [0.717, 1.165) is 31.2 Å². The Kier molecular flexibility index (Phi) is 11.5. The molecule has 0 aliphatic rings. The van der Waals surface area contributed by atoms with Crippen molar-refractivity contribution >= 4 is 5.97 Å². The van der Waals surface area contributed by atoms with Crippen LogP contribution in [0.15, 0.2) is 60.9 Å². The Bertz CT molecular complexity index is 996. The molecule has 0 radical (unpaired) electrons. The van der Waals surface area contributed by atoms with Crippen LogP contribution in [0, 0.1) is 0 Å². The lowest BCUT2D eigenvalue weighted by atomic mass is 10.0. The van der Waals surface area contributed by atoms with Crippen LogP contribution in [0.2, 0.25) is 0 Å². The largest absolute Gasteiger partial charge is 0.423 e. The first kappa shape index (κ1) is 26.6. The van der Waals surface area contributed by atoms with Crippen molar-refractivity contribution in [3.63, 3.8) is 0 Å². The van der Waals surface area contributed by atoms with Crippen LogP contribution in [-0.4, -0.2) is 15.9 Å². The van der Waals surface area contributed by atoms with Crippen molar-refractivity contribution < 1.29 is 9.53 Å². The third-order valence-electron chi connectivity index (χ3n) is 6.35. The predicted octanol–water partition coefficient (Wildman–Crippen LogP) is 7.93. The summed E-state index contributed by atoms with van der Waals surface area (Å²) in [6.07, 6.45) is 16.2. The van der Waals surface area contributed by atoms with Gasteiger partial charge in [-0.1, -0.05) is 101 Å². The predicted molar refractivity (Wildman–Crippen MR) is 144 cm³/mol. The second kappa shape index (κ2) is 15.1. The maximum absolute atomic E-state index is 12.0. The van der Waals surface area contributed by atoms with Gasteiger partial charge >= 0.3 is 5.97 Å². The van der Waals surface area contributed by atoms with E-state index < -0.39 is 0 Å². The number of benzene rings is 2. The summed E-state index contributed by atoms with van der Waals surface area (Å²) in [7, 11) is 0. The van der Waals surface area contributed by atoms with Crippen LogP contribution in [0.4, 0.5) is 0 Å². The molecule has 0 aliphatic carbocycles. The molecule has 35 heavy (non-hydrogen) atoms. The summed E-state index contributed by atoms with van der Waals surface area (Å²) in [5.74, 6) is 0.822. The van der Waals surface area contributed by atoms with Gasteiger partial charge in [-0.15, -0.1) is 0 Å². The molecule has 0 unspecified atom stereocenters. The first-order valence-corrected chi connectivity index (χ1v) is 13.4. The SMILES string of the molecule is CCCCCCCC(=O)Oc1cnc(-c2ccc(CCc3ccc(CCCCC)cc3)cc2)nc1. The van der Waals surface area contributed by atoms with Gasteiger partial charge in [0.2, 0.25) is 0 Å². The number of nitrogens with zero attached hydrogens (tertiary/aromatic N) is 2. The van der Waals surface area contributed by atoms with Gasteiger partial charge in [-0.3, -0.25) is 4.79 Å². The molecule has 1 aromatic heterocycles. The number of aryl methyl sites for hydroxylation is 3. The maximum atomic E-state index is 12.0. The van der Waals surface area contributed by atoms with Crippen molar-refractivity contribution in [2.24, 2.45) is 0 Å². The van der Waals surface area contributed by atoms with E-state index in [2.05, 4.69) is 72.3 Å². The monoisotopic (exact) mass is 472 g/mol. The van der Waals surface area contributed by atoms with Crippen molar-refractivity contribution in [3.8, 4) is 17.1 Å². The molecule has 0 saturated carbocycles. The van der Waals surface area contributed by atoms with Gasteiger partial charge in [-0.25, -0.2) is 9.97 Å². The first-order chi connectivity index (χ1) is 17.2. The number of esters is 1. The summed E-state index contributed by atoms with van der Waals surface area (Å²) in [5.41, 5.74) is 5.07. The third-order valence-corrected chi connectivity index (χ3v) is 6.35. The topological polar surface area (TPSA) is 52.1 Å². The Labute approximate surface area is 211 Å². The van der Waals surface area contributed by atoms with E-state index >= 15 is 0 Å².